The molecule has 0 bridgehead atoms. The van der Waals surface area contributed by atoms with E-state index >= 15 is 0 Å². The fraction of sp³-hybridized carbons (Fsp3) is 0.167. The van der Waals surface area contributed by atoms with Gasteiger partial charge in [0.1, 0.15) is 17.2 Å². The molecular weight excluding hydrogens is 256 g/mol. The van der Waals surface area contributed by atoms with Crippen molar-refractivity contribution in [1.82, 2.24) is 9.97 Å². The molecule has 1 heterocycles. The van der Waals surface area contributed by atoms with E-state index in [2.05, 4.69) is 15.3 Å². The largest absolute Gasteiger partial charge is 0.366 e. The van der Waals surface area contributed by atoms with Crippen LogP contribution in [0, 0.1) is 11.6 Å². The molecule has 0 fully saturated rings. The SMILES string of the molecule is CSc1cc(NCc2ccc(F)c(F)c2)ncn1. The van der Waals surface area contributed by atoms with E-state index in [0.717, 1.165) is 11.1 Å². The minimum Gasteiger partial charge on any atom is -0.366 e. The first-order chi connectivity index (χ1) is 8.69. The van der Waals surface area contributed by atoms with Gasteiger partial charge in [-0.25, -0.2) is 18.7 Å². The third kappa shape index (κ3) is 3.16. The first-order valence-corrected chi connectivity index (χ1v) is 6.45. The molecule has 0 saturated heterocycles. The van der Waals surface area contributed by atoms with Crippen LogP contribution in [0.1, 0.15) is 5.56 Å². The number of aromatic nitrogens is 2. The standard InChI is InChI=1S/C12H11F2N3S/c1-18-12-5-11(16-7-17-12)15-6-8-2-3-9(13)10(14)4-8/h2-5,7H,6H2,1H3,(H,15,16,17). The van der Waals surface area contributed by atoms with Crippen molar-refractivity contribution in [3.8, 4) is 0 Å². The van der Waals surface area contributed by atoms with Crippen LogP contribution in [-0.2, 0) is 6.54 Å². The summed E-state index contributed by atoms with van der Waals surface area (Å²) in [5, 5.41) is 3.87. The minimum absolute atomic E-state index is 0.377. The lowest BCUT2D eigenvalue weighted by molar-refractivity contribution is 0.507. The van der Waals surface area contributed by atoms with Gasteiger partial charge in [-0.3, -0.25) is 0 Å². The smallest absolute Gasteiger partial charge is 0.159 e. The molecule has 3 nitrogen and oxygen atoms in total. The molecule has 6 heteroatoms. The van der Waals surface area contributed by atoms with Crippen molar-refractivity contribution in [3.05, 3.63) is 47.8 Å². The lowest BCUT2D eigenvalue weighted by Crippen LogP contribution is -2.02. The Hall–Kier alpha value is -1.69. The molecule has 0 saturated carbocycles. The molecule has 0 amide bonds. The van der Waals surface area contributed by atoms with Crippen LogP contribution in [-0.4, -0.2) is 16.2 Å². The van der Waals surface area contributed by atoms with Gasteiger partial charge in [-0.2, -0.15) is 0 Å². The van der Waals surface area contributed by atoms with Crippen molar-refractivity contribution in [2.45, 2.75) is 11.6 Å². The van der Waals surface area contributed by atoms with E-state index in [1.165, 1.54) is 30.2 Å². The molecule has 0 atom stereocenters. The summed E-state index contributed by atoms with van der Waals surface area (Å²) >= 11 is 1.51. The Kier molecular flexibility index (Phi) is 4.09. The summed E-state index contributed by atoms with van der Waals surface area (Å²) < 4.78 is 25.7. The molecule has 1 aromatic heterocycles. The van der Waals surface area contributed by atoms with Crippen molar-refractivity contribution in [2.24, 2.45) is 0 Å². The Balaban J connectivity index is 2.04. The summed E-state index contributed by atoms with van der Waals surface area (Å²) in [6.45, 7) is 0.377. The molecule has 0 aliphatic carbocycles. The van der Waals surface area contributed by atoms with Crippen LogP contribution in [0.25, 0.3) is 0 Å². The molecular formula is C12H11F2N3S. The molecule has 2 aromatic rings. The molecule has 0 aliphatic rings. The fourth-order valence-electron chi connectivity index (χ4n) is 1.39. The maximum absolute atomic E-state index is 13.0. The predicted molar refractivity (Wildman–Crippen MR) is 67.5 cm³/mol. The van der Waals surface area contributed by atoms with Gasteiger partial charge in [-0.1, -0.05) is 6.07 Å². The van der Waals surface area contributed by atoms with Crippen molar-refractivity contribution in [1.29, 1.82) is 0 Å². The molecule has 1 aromatic carbocycles. The number of anilines is 1. The normalized spacial score (nSPS) is 10.4. The molecule has 0 unspecified atom stereocenters. The highest BCUT2D eigenvalue weighted by Crippen LogP contribution is 2.15. The van der Waals surface area contributed by atoms with Crippen molar-refractivity contribution < 1.29 is 8.78 Å². The lowest BCUT2D eigenvalue weighted by Gasteiger charge is -2.06. The van der Waals surface area contributed by atoms with Gasteiger partial charge in [0.2, 0.25) is 0 Å². The number of nitrogens with zero attached hydrogens (tertiary/aromatic N) is 2. The molecule has 2 rings (SSSR count). The number of nitrogens with one attached hydrogen (secondary N) is 1. The Morgan fingerprint density at radius 3 is 2.72 bits per heavy atom. The first kappa shape index (κ1) is 12.8. The third-order valence-corrected chi connectivity index (χ3v) is 2.95. The van der Waals surface area contributed by atoms with Gasteiger partial charge in [0, 0.05) is 12.6 Å². The van der Waals surface area contributed by atoms with Gasteiger partial charge in [0.05, 0.1) is 0 Å². The van der Waals surface area contributed by atoms with E-state index in [1.807, 2.05) is 6.26 Å². The molecule has 18 heavy (non-hydrogen) atoms. The van der Waals surface area contributed by atoms with E-state index < -0.39 is 11.6 Å². The van der Waals surface area contributed by atoms with Crippen molar-refractivity contribution >= 4 is 17.6 Å². The molecule has 0 aliphatic heterocycles. The quantitative estimate of drug-likeness (QED) is 0.682. The van der Waals surface area contributed by atoms with Crippen LogP contribution in [0.4, 0.5) is 14.6 Å². The molecule has 0 spiro atoms. The summed E-state index contributed by atoms with van der Waals surface area (Å²) in [4.78, 5) is 8.08. The number of rotatable bonds is 4. The number of benzene rings is 1. The highest BCUT2D eigenvalue weighted by molar-refractivity contribution is 7.98. The van der Waals surface area contributed by atoms with E-state index in [4.69, 9.17) is 0 Å². The topological polar surface area (TPSA) is 37.8 Å². The van der Waals surface area contributed by atoms with Crippen LogP contribution >= 0.6 is 11.8 Å². The molecule has 94 valence electrons. The maximum atomic E-state index is 13.0. The molecule has 0 radical (unpaired) electrons. The van der Waals surface area contributed by atoms with Gasteiger partial charge < -0.3 is 5.32 Å². The van der Waals surface area contributed by atoms with Crippen LogP contribution in [0.2, 0.25) is 0 Å². The van der Waals surface area contributed by atoms with E-state index in [1.54, 1.807) is 6.07 Å². The number of hydrogen-bond acceptors (Lipinski definition) is 4. The number of thioether (sulfide) groups is 1. The Bertz CT molecular complexity index is 549. The highest BCUT2D eigenvalue weighted by Gasteiger charge is 2.03. The van der Waals surface area contributed by atoms with Crippen LogP contribution < -0.4 is 5.32 Å². The van der Waals surface area contributed by atoms with Crippen LogP contribution in [0.15, 0.2) is 35.6 Å². The average molecular weight is 267 g/mol. The second-order valence-corrected chi connectivity index (χ2v) is 4.37. The highest BCUT2D eigenvalue weighted by atomic mass is 32.2. The summed E-state index contributed by atoms with van der Waals surface area (Å²) in [5.41, 5.74) is 0.651. The second-order valence-electron chi connectivity index (χ2n) is 3.55. The summed E-state index contributed by atoms with van der Waals surface area (Å²) in [6, 6.07) is 5.60. The Morgan fingerprint density at radius 1 is 1.17 bits per heavy atom. The van der Waals surface area contributed by atoms with Gasteiger partial charge in [-0.05, 0) is 24.0 Å². The van der Waals surface area contributed by atoms with Gasteiger partial charge in [0.15, 0.2) is 11.6 Å². The average Bonchev–Trinajstić information content (AvgIpc) is 2.40. The Labute approximate surface area is 108 Å². The van der Waals surface area contributed by atoms with E-state index in [-0.39, 0.29) is 0 Å². The van der Waals surface area contributed by atoms with E-state index in [0.29, 0.717) is 17.9 Å². The minimum atomic E-state index is -0.846. The first-order valence-electron chi connectivity index (χ1n) is 5.23. The van der Waals surface area contributed by atoms with Crippen molar-refractivity contribution in [3.63, 3.8) is 0 Å². The van der Waals surface area contributed by atoms with Gasteiger partial charge in [-0.15, -0.1) is 11.8 Å². The van der Waals surface area contributed by atoms with Crippen LogP contribution in [0.5, 0.6) is 0 Å². The maximum Gasteiger partial charge on any atom is 0.159 e. The Morgan fingerprint density at radius 2 is 2.00 bits per heavy atom. The number of halogens is 2. The third-order valence-electron chi connectivity index (χ3n) is 2.31. The lowest BCUT2D eigenvalue weighted by atomic mass is 10.2. The predicted octanol–water partition coefficient (Wildman–Crippen LogP) is 3.09. The molecule has 1 N–H and O–H groups in total. The van der Waals surface area contributed by atoms with Crippen molar-refractivity contribution in [2.75, 3.05) is 11.6 Å². The summed E-state index contributed by atoms with van der Waals surface area (Å²) in [7, 11) is 0. The zero-order chi connectivity index (χ0) is 13.0. The van der Waals surface area contributed by atoms with Crippen LogP contribution in [0.3, 0.4) is 0 Å². The monoisotopic (exact) mass is 267 g/mol. The summed E-state index contributed by atoms with van der Waals surface area (Å²) in [6.07, 6.45) is 3.38. The zero-order valence-corrected chi connectivity index (χ0v) is 10.5. The van der Waals surface area contributed by atoms with Gasteiger partial charge >= 0.3 is 0 Å². The number of hydrogen-bond donors (Lipinski definition) is 1. The van der Waals surface area contributed by atoms with E-state index in [9.17, 15) is 8.78 Å². The van der Waals surface area contributed by atoms with Gasteiger partial charge in [0.25, 0.3) is 0 Å². The summed E-state index contributed by atoms with van der Waals surface area (Å²) in [5.74, 6) is -1.04. The second kappa shape index (κ2) is 5.77. The fourth-order valence-corrected chi connectivity index (χ4v) is 1.77. The zero-order valence-electron chi connectivity index (χ0n) is 9.65.